The van der Waals surface area contributed by atoms with E-state index in [1.54, 1.807) is 6.26 Å². The fourth-order valence-electron chi connectivity index (χ4n) is 3.29. The van der Waals surface area contributed by atoms with Crippen LogP contribution in [0.2, 0.25) is 0 Å². The van der Waals surface area contributed by atoms with E-state index in [0.29, 0.717) is 0 Å². The second kappa shape index (κ2) is 5.41. The van der Waals surface area contributed by atoms with Gasteiger partial charge in [-0.2, -0.15) is 0 Å². The summed E-state index contributed by atoms with van der Waals surface area (Å²) in [5, 5.41) is 3.40. The molecule has 1 N–H and O–H groups in total. The van der Waals surface area contributed by atoms with Gasteiger partial charge in [-0.1, -0.05) is 36.4 Å². The molecule has 0 bridgehead atoms. The predicted octanol–water partition coefficient (Wildman–Crippen LogP) is 3.06. The van der Waals surface area contributed by atoms with E-state index in [9.17, 15) is 0 Å². The molecular weight excluding hydrogens is 262 g/mol. The Labute approximate surface area is 125 Å². The van der Waals surface area contributed by atoms with Gasteiger partial charge >= 0.3 is 0 Å². The number of rotatable bonds is 2. The fourth-order valence-corrected chi connectivity index (χ4v) is 3.29. The van der Waals surface area contributed by atoms with Crippen molar-refractivity contribution in [1.82, 2.24) is 5.32 Å². The van der Waals surface area contributed by atoms with Crippen LogP contribution in [-0.2, 0) is 15.9 Å². The van der Waals surface area contributed by atoms with Gasteiger partial charge in [0.05, 0.1) is 12.4 Å². The van der Waals surface area contributed by atoms with Crippen LogP contribution in [0.5, 0.6) is 0 Å². The van der Waals surface area contributed by atoms with Crippen LogP contribution < -0.4 is 5.32 Å². The molecule has 3 heteroatoms. The number of nitrogens with one attached hydrogen (secondary N) is 1. The first-order chi connectivity index (χ1) is 10.4. The number of benzene rings is 1. The molecular formula is C18H19NO2. The van der Waals surface area contributed by atoms with Crippen LogP contribution in [0.25, 0.3) is 0 Å². The minimum atomic E-state index is 0.0540. The quantitative estimate of drug-likeness (QED) is 0.903. The lowest BCUT2D eigenvalue weighted by molar-refractivity contribution is -0.0319. The van der Waals surface area contributed by atoms with Gasteiger partial charge in [-0.25, -0.2) is 0 Å². The molecule has 1 aliphatic carbocycles. The zero-order valence-electron chi connectivity index (χ0n) is 11.9. The van der Waals surface area contributed by atoms with Crippen LogP contribution in [0.1, 0.15) is 18.4 Å². The molecule has 1 fully saturated rings. The monoisotopic (exact) mass is 281 g/mol. The van der Waals surface area contributed by atoms with Gasteiger partial charge in [0.1, 0.15) is 12.3 Å². The Morgan fingerprint density at radius 3 is 2.81 bits per heavy atom. The molecule has 108 valence electrons. The predicted molar refractivity (Wildman–Crippen MR) is 81.4 cm³/mol. The van der Waals surface area contributed by atoms with E-state index in [-0.39, 0.29) is 18.4 Å². The molecule has 3 nitrogen and oxygen atoms in total. The lowest BCUT2D eigenvalue weighted by Gasteiger charge is -2.39. The molecule has 1 saturated carbocycles. The summed E-state index contributed by atoms with van der Waals surface area (Å²) >= 11 is 0. The lowest BCUT2D eigenvalue weighted by Crippen LogP contribution is -2.43. The molecule has 3 aliphatic rings. The zero-order chi connectivity index (χ0) is 14.1. The zero-order valence-corrected chi connectivity index (χ0v) is 11.9. The molecule has 1 aromatic carbocycles. The maximum Gasteiger partial charge on any atom is 0.132 e. The molecule has 1 aromatic rings. The van der Waals surface area contributed by atoms with Gasteiger partial charge < -0.3 is 14.8 Å². The number of hydrogen-bond acceptors (Lipinski definition) is 3. The molecule has 0 radical (unpaired) electrons. The molecule has 3 unspecified atom stereocenters. The maximum atomic E-state index is 6.24. The average molecular weight is 281 g/mol. The first-order valence-corrected chi connectivity index (χ1v) is 7.58. The molecule has 2 heterocycles. The Morgan fingerprint density at radius 2 is 1.90 bits per heavy atom. The summed E-state index contributed by atoms with van der Waals surface area (Å²) in [5.41, 5.74) is 3.81. The minimum Gasteiger partial charge on any atom is -0.493 e. The topological polar surface area (TPSA) is 30.5 Å². The normalized spacial score (nSPS) is 30.2. The minimum absolute atomic E-state index is 0.0540. The van der Waals surface area contributed by atoms with Crippen molar-refractivity contribution in [2.45, 2.75) is 37.7 Å². The summed E-state index contributed by atoms with van der Waals surface area (Å²) in [6, 6.07) is 10.5. The number of fused-ring (bicyclic) bond motifs is 3. The van der Waals surface area contributed by atoms with Gasteiger partial charge in [-0.3, -0.25) is 0 Å². The molecule has 0 saturated heterocycles. The Balaban J connectivity index is 1.51. The van der Waals surface area contributed by atoms with Gasteiger partial charge in [0, 0.05) is 18.2 Å². The Bertz CT molecular complexity index is 603. The Kier molecular flexibility index (Phi) is 3.28. The van der Waals surface area contributed by atoms with Crippen LogP contribution in [-0.4, -0.2) is 18.4 Å². The van der Waals surface area contributed by atoms with Gasteiger partial charge in [0.25, 0.3) is 0 Å². The second-order valence-corrected chi connectivity index (χ2v) is 5.72. The van der Waals surface area contributed by atoms with Gasteiger partial charge in [-0.05, 0) is 30.1 Å². The van der Waals surface area contributed by atoms with Gasteiger partial charge in [0.15, 0.2) is 0 Å². The number of ether oxygens (including phenoxy) is 2. The van der Waals surface area contributed by atoms with Gasteiger partial charge in [0.2, 0.25) is 0 Å². The fraction of sp³-hybridized carbons (Fsp3) is 0.333. The Hall–Kier alpha value is -2.00. The standard InChI is InChI=1S/C18H19NO2/c1-2-5-13(6-3-1)11-18-19-12-15-14-7-4-10-20-16(14)8-9-17(15)21-18/h1-7,10,12,16-19H,8-9,11H2. The molecule has 2 aliphatic heterocycles. The molecule has 0 amide bonds. The maximum absolute atomic E-state index is 6.24. The lowest BCUT2D eigenvalue weighted by atomic mass is 9.83. The van der Waals surface area contributed by atoms with Crippen LogP contribution in [0.15, 0.2) is 66.1 Å². The van der Waals surface area contributed by atoms with Crippen molar-refractivity contribution in [2.75, 3.05) is 0 Å². The van der Waals surface area contributed by atoms with Crippen molar-refractivity contribution >= 4 is 0 Å². The van der Waals surface area contributed by atoms with E-state index in [0.717, 1.165) is 19.3 Å². The summed E-state index contributed by atoms with van der Waals surface area (Å²) in [6.45, 7) is 0. The van der Waals surface area contributed by atoms with Crippen LogP contribution in [0.3, 0.4) is 0 Å². The van der Waals surface area contributed by atoms with E-state index >= 15 is 0 Å². The summed E-state index contributed by atoms with van der Waals surface area (Å²) in [7, 11) is 0. The highest BCUT2D eigenvalue weighted by Crippen LogP contribution is 2.36. The van der Waals surface area contributed by atoms with E-state index in [2.05, 4.69) is 41.9 Å². The van der Waals surface area contributed by atoms with Crippen molar-refractivity contribution in [2.24, 2.45) is 0 Å². The molecule has 21 heavy (non-hydrogen) atoms. The van der Waals surface area contributed by atoms with Crippen LogP contribution in [0, 0.1) is 0 Å². The second-order valence-electron chi connectivity index (χ2n) is 5.72. The molecule has 0 aromatic heterocycles. The largest absolute Gasteiger partial charge is 0.493 e. The third-order valence-electron chi connectivity index (χ3n) is 4.33. The number of hydrogen-bond donors (Lipinski definition) is 1. The summed E-state index contributed by atoms with van der Waals surface area (Å²) in [6.07, 6.45) is 11.4. The average Bonchev–Trinajstić information content (AvgIpc) is 2.55. The third kappa shape index (κ3) is 2.49. The van der Waals surface area contributed by atoms with Crippen molar-refractivity contribution in [3.63, 3.8) is 0 Å². The van der Waals surface area contributed by atoms with E-state index in [4.69, 9.17) is 9.47 Å². The first kappa shape index (κ1) is 12.7. The SMILES string of the molecule is C1=COC2CCC3OC(Cc4ccccc4)NC=C3C2=C1. The van der Waals surface area contributed by atoms with Gasteiger partial charge in [-0.15, -0.1) is 0 Å². The first-order valence-electron chi connectivity index (χ1n) is 7.58. The van der Waals surface area contributed by atoms with Crippen molar-refractivity contribution in [3.8, 4) is 0 Å². The molecule has 4 rings (SSSR count). The highest BCUT2D eigenvalue weighted by atomic mass is 16.5. The van der Waals surface area contributed by atoms with Crippen molar-refractivity contribution < 1.29 is 9.47 Å². The summed E-state index contributed by atoms with van der Waals surface area (Å²) in [4.78, 5) is 0. The molecule has 3 atom stereocenters. The summed E-state index contributed by atoms with van der Waals surface area (Å²) in [5.74, 6) is 0. The Morgan fingerprint density at radius 1 is 1.05 bits per heavy atom. The van der Waals surface area contributed by atoms with Crippen molar-refractivity contribution in [1.29, 1.82) is 0 Å². The molecule has 0 spiro atoms. The van der Waals surface area contributed by atoms with E-state index in [1.807, 2.05) is 12.1 Å². The highest BCUT2D eigenvalue weighted by Gasteiger charge is 2.35. The number of allylic oxidation sites excluding steroid dienone is 2. The smallest absolute Gasteiger partial charge is 0.132 e. The highest BCUT2D eigenvalue weighted by molar-refractivity contribution is 5.43. The van der Waals surface area contributed by atoms with E-state index < -0.39 is 0 Å². The van der Waals surface area contributed by atoms with E-state index in [1.165, 1.54) is 16.7 Å². The van der Waals surface area contributed by atoms with Crippen molar-refractivity contribution in [3.05, 3.63) is 71.7 Å². The third-order valence-corrected chi connectivity index (χ3v) is 4.33. The van der Waals surface area contributed by atoms with Crippen LogP contribution >= 0.6 is 0 Å². The summed E-state index contributed by atoms with van der Waals surface area (Å²) < 4.78 is 11.9. The van der Waals surface area contributed by atoms with Crippen LogP contribution in [0.4, 0.5) is 0 Å².